The van der Waals surface area contributed by atoms with Crippen molar-refractivity contribution in [3.8, 4) is 5.75 Å². The van der Waals surface area contributed by atoms with E-state index in [1.54, 1.807) is 0 Å². The Balaban J connectivity index is 1.83. The van der Waals surface area contributed by atoms with Crippen LogP contribution < -0.4 is 10.1 Å². The molecule has 0 unspecified atom stereocenters. The van der Waals surface area contributed by atoms with Gasteiger partial charge in [-0.2, -0.15) is 0 Å². The van der Waals surface area contributed by atoms with Gasteiger partial charge < -0.3 is 10.1 Å². The van der Waals surface area contributed by atoms with Gasteiger partial charge in [-0.15, -0.1) is 0 Å². The maximum Gasteiger partial charge on any atom is 0.123 e. The minimum atomic E-state index is 0.738. The predicted molar refractivity (Wildman–Crippen MR) is 84.2 cm³/mol. The SMILES string of the molecule is CCNCC1CCN(Cc2ccccc2OCC)CC1. The van der Waals surface area contributed by atoms with E-state index in [9.17, 15) is 0 Å². The highest BCUT2D eigenvalue weighted by atomic mass is 16.5. The van der Waals surface area contributed by atoms with Gasteiger partial charge in [0.1, 0.15) is 5.75 Å². The fourth-order valence-electron chi connectivity index (χ4n) is 2.87. The van der Waals surface area contributed by atoms with Gasteiger partial charge in [0.2, 0.25) is 0 Å². The Morgan fingerprint density at radius 2 is 1.95 bits per heavy atom. The van der Waals surface area contributed by atoms with E-state index in [1.165, 1.54) is 38.0 Å². The molecule has 0 aromatic heterocycles. The van der Waals surface area contributed by atoms with E-state index in [2.05, 4.69) is 41.4 Å². The zero-order valence-electron chi connectivity index (χ0n) is 12.9. The lowest BCUT2D eigenvalue weighted by Crippen LogP contribution is -2.36. The number of hydrogen-bond acceptors (Lipinski definition) is 3. The van der Waals surface area contributed by atoms with E-state index in [-0.39, 0.29) is 0 Å². The second kappa shape index (κ2) is 8.28. The fraction of sp³-hybridized carbons (Fsp3) is 0.647. The highest BCUT2D eigenvalue weighted by Crippen LogP contribution is 2.23. The molecular weight excluding hydrogens is 248 g/mol. The fourth-order valence-corrected chi connectivity index (χ4v) is 2.87. The molecule has 0 saturated carbocycles. The van der Waals surface area contributed by atoms with Crippen LogP contribution in [0.1, 0.15) is 32.3 Å². The standard InChI is InChI=1S/C17H28N2O/c1-3-18-13-15-9-11-19(12-10-15)14-16-7-5-6-8-17(16)20-4-2/h5-8,15,18H,3-4,9-14H2,1-2H3. The summed E-state index contributed by atoms with van der Waals surface area (Å²) in [5, 5.41) is 3.47. The average molecular weight is 276 g/mol. The van der Waals surface area contributed by atoms with Crippen molar-refractivity contribution < 1.29 is 4.74 Å². The van der Waals surface area contributed by atoms with Gasteiger partial charge in [0, 0.05) is 12.1 Å². The maximum absolute atomic E-state index is 5.72. The zero-order valence-corrected chi connectivity index (χ0v) is 12.9. The molecule has 0 atom stereocenters. The van der Waals surface area contributed by atoms with Gasteiger partial charge in [-0.25, -0.2) is 0 Å². The number of rotatable bonds is 7. The Bertz CT molecular complexity index is 386. The van der Waals surface area contributed by atoms with Crippen molar-refractivity contribution in [1.29, 1.82) is 0 Å². The van der Waals surface area contributed by atoms with Gasteiger partial charge in [0.05, 0.1) is 6.61 Å². The lowest BCUT2D eigenvalue weighted by Gasteiger charge is -2.32. The van der Waals surface area contributed by atoms with Crippen molar-refractivity contribution in [2.24, 2.45) is 5.92 Å². The molecule has 1 aliphatic rings. The van der Waals surface area contributed by atoms with Gasteiger partial charge in [-0.05, 0) is 57.9 Å². The summed E-state index contributed by atoms with van der Waals surface area (Å²) in [7, 11) is 0. The first-order valence-corrected chi connectivity index (χ1v) is 7.97. The van der Waals surface area contributed by atoms with E-state index >= 15 is 0 Å². The molecule has 0 amide bonds. The second-order valence-corrected chi connectivity index (χ2v) is 5.57. The quantitative estimate of drug-likeness (QED) is 0.829. The molecule has 3 nitrogen and oxygen atoms in total. The monoisotopic (exact) mass is 276 g/mol. The van der Waals surface area contributed by atoms with Crippen molar-refractivity contribution in [2.75, 3.05) is 32.8 Å². The molecule has 112 valence electrons. The predicted octanol–water partition coefficient (Wildman–Crippen LogP) is 2.91. The Morgan fingerprint density at radius 1 is 1.20 bits per heavy atom. The third kappa shape index (κ3) is 4.50. The first-order chi connectivity index (χ1) is 9.83. The van der Waals surface area contributed by atoms with Crippen LogP contribution in [0, 0.1) is 5.92 Å². The van der Waals surface area contributed by atoms with Crippen LogP contribution in [0.15, 0.2) is 24.3 Å². The topological polar surface area (TPSA) is 24.5 Å². The summed E-state index contributed by atoms with van der Waals surface area (Å²) in [6.45, 7) is 10.7. The van der Waals surface area contributed by atoms with Gasteiger partial charge in [0.15, 0.2) is 0 Å². The second-order valence-electron chi connectivity index (χ2n) is 5.57. The van der Waals surface area contributed by atoms with Crippen LogP contribution in [0.4, 0.5) is 0 Å². The van der Waals surface area contributed by atoms with Crippen molar-refractivity contribution in [3.63, 3.8) is 0 Å². The Labute approximate surface area is 123 Å². The van der Waals surface area contributed by atoms with E-state index in [0.29, 0.717) is 0 Å². The number of ether oxygens (including phenoxy) is 1. The Morgan fingerprint density at radius 3 is 2.65 bits per heavy atom. The number of piperidine rings is 1. The van der Waals surface area contributed by atoms with Crippen molar-refractivity contribution in [2.45, 2.75) is 33.2 Å². The lowest BCUT2D eigenvalue weighted by molar-refractivity contribution is 0.173. The molecule has 1 aromatic carbocycles. The molecule has 1 N–H and O–H groups in total. The Hall–Kier alpha value is -1.06. The van der Waals surface area contributed by atoms with E-state index in [1.807, 2.05) is 6.92 Å². The minimum absolute atomic E-state index is 0.738. The summed E-state index contributed by atoms with van der Waals surface area (Å²) in [6, 6.07) is 8.43. The zero-order chi connectivity index (χ0) is 14.2. The molecule has 1 saturated heterocycles. The number of para-hydroxylation sites is 1. The molecule has 1 aromatic rings. The van der Waals surface area contributed by atoms with Crippen molar-refractivity contribution in [1.82, 2.24) is 10.2 Å². The smallest absolute Gasteiger partial charge is 0.123 e. The first-order valence-electron chi connectivity index (χ1n) is 7.97. The van der Waals surface area contributed by atoms with Crippen molar-refractivity contribution >= 4 is 0 Å². The van der Waals surface area contributed by atoms with E-state index in [4.69, 9.17) is 4.74 Å². The molecule has 0 aliphatic carbocycles. The molecule has 0 bridgehead atoms. The summed E-state index contributed by atoms with van der Waals surface area (Å²) < 4.78 is 5.72. The minimum Gasteiger partial charge on any atom is -0.494 e. The molecule has 1 heterocycles. The van der Waals surface area contributed by atoms with Crippen molar-refractivity contribution in [3.05, 3.63) is 29.8 Å². The van der Waals surface area contributed by atoms with Gasteiger partial charge in [0.25, 0.3) is 0 Å². The molecule has 2 rings (SSSR count). The molecule has 0 radical (unpaired) electrons. The molecule has 1 aliphatic heterocycles. The highest BCUT2D eigenvalue weighted by Gasteiger charge is 2.19. The van der Waals surface area contributed by atoms with Gasteiger partial charge >= 0.3 is 0 Å². The average Bonchev–Trinajstić information content (AvgIpc) is 2.49. The Kier molecular flexibility index (Phi) is 6.34. The number of likely N-dealkylation sites (tertiary alicyclic amines) is 1. The maximum atomic E-state index is 5.72. The largest absolute Gasteiger partial charge is 0.494 e. The van der Waals surface area contributed by atoms with Crippen LogP contribution in [-0.2, 0) is 6.54 Å². The summed E-state index contributed by atoms with van der Waals surface area (Å²) >= 11 is 0. The van der Waals surface area contributed by atoms with Crippen LogP contribution in [0.5, 0.6) is 5.75 Å². The number of benzene rings is 1. The molecule has 3 heteroatoms. The summed E-state index contributed by atoms with van der Waals surface area (Å²) in [5.41, 5.74) is 1.32. The molecule has 0 spiro atoms. The third-order valence-corrected chi connectivity index (χ3v) is 4.06. The van der Waals surface area contributed by atoms with Gasteiger partial charge in [-0.1, -0.05) is 25.1 Å². The van der Waals surface area contributed by atoms with Crippen LogP contribution in [0.3, 0.4) is 0 Å². The molecule has 20 heavy (non-hydrogen) atoms. The lowest BCUT2D eigenvalue weighted by atomic mass is 9.96. The van der Waals surface area contributed by atoms with Crippen LogP contribution in [0.2, 0.25) is 0 Å². The summed E-state index contributed by atoms with van der Waals surface area (Å²) in [6.07, 6.45) is 2.62. The first kappa shape index (κ1) is 15.3. The normalized spacial score (nSPS) is 17.3. The van der Waals surface area contributed by atoms with Crippen LogP contribution in [-0.4, -0.2) is 37.7 Å². The van der Waals surface area contributed by atoms with E-state index < -0.39 is 0 Å². The number of nitrogens with zero attached hydrogens (tertiary/aromatic N) is 1. The number of nitrogens with one attached hydrogen (secondary N) is 1. The highest BCUT2D eigenvalue weighted by molar-refractivity contribution is 5.33. The van der Waals surface area contributed by atoms with Crippen LogP contribution in [0.25, 0.3) is 0 Å². The molecule has 1 fully saturated rings. The van der Waals surface area contributed by atoms with Crippen LogP contribution >= 0.6 is 0 Å². The van der Waals surface area contributed by atoms with E-state index in [0.717, 1.165) is 31.4 Å². The molecular formula is C17H28N2O. The number of hydrogen-bond donors (Lipinski definition) is 1. The third-order valence-electron chi connectivity index (χ3n) is 4.06. The summed E-state index contributed by atoms with van der Waals surface area (Å²) in [4.78, 5) is 2.56. The summed E-state index contributed by atoms with van der Waals surface area (Å²) in [5.74, 6) is 1.90. The van der Waals surface area contributed by atoms with Gasteiger partial charge in [-0.3, -0.25) is 4.90 Å².